The lowest BCUT2D eigenvalue weighted by molar-refractivity contribution is -0.123. The number of nitrogens with zero attached hydrogens (tertiary/aromatic N) is 1. The van der Waals surface area contributed by atoms with Crippen LogP contribution in [0.1, 0.15) is 51.9 Å². The molecule has 2 fully saturated rings. The monoisotopic (exact) mass is 281 g/mol. The minimum atomic E-state index is 0.196. The van der Waals surface area contributed by atoms with Crippen LogP contribution in [0.3, 0.4) is 0 Å². The number of hydrogen-bond acceptors (Lipinski definition) is 3. The van der Waals surface area contributed by atoms with E-state index >= 15 is 0 Å². The quantitative estimate of drug-likeness (QED) is 0.807. The van der Waals surface area contributed by atoms with E-state index in [4.69, 9.17) is 0 Å². The number of likely N-dealkylation sites (N-methyl/N-ethyl adjacent to an activating group) is 1. The Labute approximate surface area is 123 Å². The van der Waals surface area contributed by atoms with Crippen molar-refractivity contribution in [3.05, 3.63) is 0 Å². The summed E-state index contributed by atoms with van der Waals surface area (Å²) in [7, 11) is 2.06. The van der Waals surface area contributed by atoms with Crippen LogP contribution in [-0.2, 0) is 4.79 Å². The number of hydrogen-bond donors (Lipinski definition) is 2. The molecule has 2 rings (SSSR count). The van der Waals surface area contributed by atoms with Crippen molar-refractivity contribution in [3.63, 3.8) is 0 Å². The number of amides is 1. The van der Waals surface area contributed by atoms with Crippen LogP contribution in [0.25, 0.3) is 0 Å². The second kappa shape index (κ2) is 7.99. The van der Waals surface area contributed by atoms with E-state index in [9.17, 15) is 4.79 Å². The third-order valence-electron chi connectivity index (χ3n) is 4.82. The molecule has 116 valence electrons. The minimum Gasteiger partial charge on any atom is -0.352 e. The fourth-order valence-corrected chi connectivity index (χ4v) is 3.55. The molecule has 4 nitrogen and oxygen atoms in total. The highest BCUT2D eigenvalue weighted by atomic mass is 16.2. The van der Waals surface area contributed by atoms with E-state index in [1.807, 2.05) is 0 Å². The maximum Gasteiger partial charge on any atom is 0.234 e. The van der Waals surface area contributed by atoms with Crippen molar-refractivity contribution in [1.82, 2.24) is 15.5 Å². The molecular weight excluding hydrogens is 250 g/mol. The molecule has 3 unspecified atom stereocenters. The molecule has 1 aliphatic heterocycles. The zero-order chi connectivity index (χ0) is 14.4. The van der Waals surface area contributed by atoms with Crippen LogP contribution in [0, 0.1) is 5.92 Å². The number of piperidine rings is 1. The van der Waals surface area contributed by atoms with Gasteiger partial charge in [-0.15, -0.1) is 0 Å². The van der Waals surface area contributed by atoms with Crippen LogP contribution >= 0.6 is 0 Å². The summed E-state index contributed by atoms with van der Waals surface area (Å²) in [5.74, 6) is 0.833. The van der Waals surface area contributed by atoms with Crippen LogP contribution in [0.15, 0.2) is 0 Å². The van der Waals surface area contributed by atoms with Gasteiger partial charge >= 0.3 is 0 Å². The van der Waals surface area contributed by atoms with Gasteiger partial charge in [0, 0.05) is 18.6 Å². The third kappa shape index (κ3) is 5.06. The van der Waals surface area contributed by atoms with Gasteiger partial charge in [0.25, 0.3) is 0 Å². The number of carbonyl (C=O) groups excluding carboxylic acids is 1. The number of rotatable bonds is 5. The first-order valence-corrected chi connectivity index (χ1v) is 8.36. The van der Waals surface area contributed by atoms with E-state index in [1.165, 1.54) is 38.5 Å². The summed E-state index contributed by atoms with van der Waals surface area (Å²) in [6.07, 6.45) is 8.84. The van der Waals surface area contributed by atoms with Crippen LogP contribution in [0.2, 0.25) is 0 Å². The third-order valence-corrected chi connectivity index (χ3v) is 4.82. The van der Waals surface area contributed by atoms with Gasteiger partial charge in [-0.1, -0.05) is 26.2 Å². The van der Waals surface area contributed by atoms with E-state index in [2.05, 4.69) is 29.5 Å². The molecule has 1 saturated heterocycles. The average molecular weight is 281 g/mol. The summed E-state index contributed by atoms with van der Waals surface area (Å²) in [4.78, 5) is 14.3. The van der Waals surface area contributed by atoms with Crippen molar-refractivity contribution in [3.8, 4) is 0 Å². The summed E-state index contributed by atoms with van der Waals surface area (Å²) in [5.41, 5.74) is 0. The van der Waals surface area contributed by atoms with E-state index in [-0.39, 0.29) is 5.91 Å². The molecule has 4 heteroatoms. The fourth-order valence-electron chi connectivity index (χ4n) is 3.55. The molecule has 0 radical (unpaired) electrons. The van der Waals surface area contributed by atoms with Gasteiger partial charge in [0.1, 0.15) is 0 Å². The Morgan fingerprint density at radius 3 is 2.65 bits per heavy atom. The van der Waals surface area contributed by atoms with Crippen molar-refractivity contribution in [2.45, 2.75) is 64.0 Å². The fraction of sp³-hybridized carbons (Fsp3) is 0.938. The lowest BCUT2D eigenvalue weighted by Gasteiger charge is -2.31. The first-order chi connectivity index (χ1) is 9.65. The lowest BCUT2D eigenvalue weighted by atomic mass is 9.86. The van der Waals surface area contributed by atoms with Gasteiger partial charge in [-0.25, -0.2) is 0 Å². The SMILES string of the molecule is CC1CCCCC1NC(=O)CN(C)CC1CCCCN1. The molecular formula is C16H31N3O. The maximum absolute atomic E-state index is 12.1. The van der Waals surface area contributed by atoms with Gasteiger partial charge in [0.05, 0.1) is 6.54 Å². The normalized spacial score (nSPS) is 31.2. The van der Waals surface area contributed by atoms with E-state index in [0.717, 1.165) is 19.5 Å². The smallest absolute Gasteiger partial charge is 0.234 e. The highest BCUT2D eigenvalue weighted by molar-refractivity contribution is 5.78. The van der Waals surface area contributed by atoms with E-state index in [1.54, 1.807) is 0 Å². The number of carbonyl (C=O) groups is 1. The van der Waals surface area contributed by atoms with Gasteiger partial charge in [-0.2, -0.15) is 0 Å². The van der Waals surface area contributed by atoms with Crippen LogP contribution < -0.4 is 10.6 Å². The van der Waals surface area contributed by atoms with Gasteiger partial charge < -0.3 is 10.6 Å². The van der Waals surface area contributed by atoms with Crippen LogP contribution in [0.4, 0.5) is 0 Å². The van der Waals surface area contributed by atoms with Crippen LogP contribution in [0.5, 0.6) is 0 Å². The van der Waals surface area contributed by atoms with Crippen molar-refractivity contribution < 1.29 is 4.79 Å². The molecule has 20 heavy (non-hydrogen) atoms. The Morgan fingerprint density at radius 1 is 1.20 bits per heavy atom. The van der Waals surface area contributed by atoms with Crippen molar-refractivity contribution in [1.29, 1.82) is 0 Å². The molecule has 0 bridgehead atoms. The summed E-state index contributed by atoms with van der Waals surface area (Å²) in [5, 5.41) is 6.77. The summed E-state index contributed by atoms with van der Waals surface area (Å²) in [6, 6.07) is 0.965. The van der Waals surface area contributed by atoms with Crippen molar-refractivity contribution in [2.75, 3.05) is 26.7 Å². The molecule has 2 aliphatic rings. The second-order valence-electron chi connectivity index (χ2n) is 6.78. The summed E-state index contributed by atoms with van der Waals surface area (Å²) in [6.45, 7) is 4.90. The Balaban J connectivity index is 1.67. The van der Waals surface area contributed by atoms with Gasteiger partial charge in [-0.05, 0) is 45.2 Å². The topological polar surface area (TPSA) is 44.4 Å². The van der Waals surface area contributed by atoms with Gasteiger partial charge in [-0.3, -0.25) is 9.69 Å². The van der Waals surface area contributed by atoms with E-state index in [0.29, 0.717) is 24.5 Å². The van der Waals surface area contributed by atoms with Crippen molar-refractivity contribution in [2.24, 2.45) is 5.92 Å². The molecule has 0 aromatic rings. The maximum atomic E-state index is 12.1. The lowest BCUT2D eigenvalue weighted by Crippen LogP contribution is -2.48. The number of nitrogens with one attached hydrogen (secondary N) is 2. The summed E-state index contributed by atoms with van der Waals surface area (Å²) < 4.78 is 0. The second-order valence-corrected chi connectivity index (χ2v) is 6.78. The van der Waals surface area contributed by atoms with E-state index < -0.39 is 0 Å². The average Bonchev–Trinajstić information content (AvgIpc) is 2.42. The predicted octanol–water partition coefficient (Wildman–Crippen LogP) is 1.76. The molecule has 1 saturated carbocycles. The molecule has 2 N–H and O–H groups in total. The predicted molar refractivity (Wildman–Crippen MR) is 82.7 cm³/mol. The standard InChI is InChI=1S/C16H31N3O/c1-13-7-3-4-9-15(13)18-16(20)12-19(2)11-14-8-5-6-10-17-14/h13-15,17H,3-12H2,1-2H3,(H,18,20). The summed E-state index contributed by atoms with van der Waals surface area (Å²) >= 11 is 0. The Kier molecular flexibility index (Phi) is 6.30. The largest absolute Gasteiger partial charge is 0.352 e. The zero-order valence-corrected chi connectivity index (χ0v) is 13.2. The highest BCUT2D eigenvalue weighted by Gasteiger charge is 2.23. The molecule has 1 heterocycles. The van der Waals surface area contributed by atoms with Crippen LogP contribution in [-0.4, -0.2) is 49.6 Å². The Bertz CT molecular complexity index is 302. The molecule has 0 spiro atoms. The molecule has 1 aliphatic carbocycles. The molecule has 0 aromatic heterocycles. The molecule has 1 amide bonds. The van der Waals surface area contributed by atoms with Gasteiger partial charge in [0.15, 0.2) is 0 Å². The Morgan fingerprint density at radius 2 is 1.95 bits per heavy atom. The first kappa shape index (κ1) is 15.8. The highest BCUT2D eigenvalue weighted by Crippen LogP contribution is 2.23. The Hall–Kier alpha value is -0.610. The first-order valence-electron chi connectivity index (χ1n) is 8.36. The minimum absolute atomic E-state index is 0.196. The molecule has 0 aromatic carbocycles. The zero-order valence-electron chi connectivity index (χ0n) is 13.2. The van der Waals surface area contributed by atoms with Crippen molar-refractivity contribution >= 4 is 5.91 Å². The van der Waals surface area contributed by atoms with Gasteiger partial charge in [0.2, 0.25) is 5.91 Å². The molecule has 3 atom stereocenters.